The van der Waals surface area contributed by atoms with Crippen molar-refractivity contribution in [2.45, 2.75) is 51.6 Å². The van der Waals surface area contributed by atoms with Crippen molar-refractivity contribution in [2.24, 2.45) is 11.8 Å². The normalized spacial score (nSPS) is 41.8. The van der Waals surface area contributed by atoms with E-state index in [4.69, 9.17) is 4.74 Å². The van der Waals surface area contributed by atoms with Gasteiger partial charge in [0.1, 0.15) is 0 Å². The maximum absolute atomic E-state index is 5.83. The fourth-order valence-electron chi connectivity index (χ4n) is 3.03. The quantitative estimate of drug-likeness (QED) is 0.585. The van der Waals surface area contributed by atoms with Crippen LogP contribution < -0.4 is 0 Å². The Kier molecular flexibility index (Phi) is 2.16. The molecule has 70 valence electrons. The van der Waals surface area contributed by atoms with E-state index in [-0.39, 0.29) is 0 Å². The summed E-state index contributed by atoms with van der Waals surface area (Å²) >= 11 is 0. The first-order chi connectivity index (χ1) is 5.75. The second kappa shape index (κ2) is 3.02. The summed E-state index contributed by atoms with van der Waals surface area (Å²) in [6, 6.07) is 0. The molecule has 1 aliphatic carbocycles. The highest BCUT2D eigenvalue weighted by atomic mass is 16.5. The van der Waals surface area contributed by atoms with Crippen molar-refractivity contribution in [3.05, 3.63) is 0 Å². The lowest BCUT2D eigenvalue weighted by Gasteiger charge is -2.52. The lowest BCUT2D eigenvalue weighted by Crippen LogP contribution is -2.53. The zero-order valence-electron chi connectivity index (χ0n) is 8.31. The summed E-state index contributed by atoms with van der Waals surface area (Å²) in [6.45, 7) is 5.71. The van der Waals surface area contributed by atoms with E-state index >= 15 is 0 Å². The first-order valence-corrected chi connectivity index (χ1v) is 5.38. The molecule has 1 saturated heterocycles. The summed E-state index contributed by atoms with van der Waals surface area (Å²) in [4.78, 5) is 0. The minimum absolute atomic E-state index is 0.340. The van der Waals surface area contributed by atoms with Crippen LogP contribution in [-0.2, 0) is 4.74 Å². The minimum atomic E-state index is 0.340. The van der Waals surface area contributed by atoms with E-state index in [1.165, 1.54) is 32.1 Å². The van der Waals surface area contributed by atoms with Crippen LogP contribution in [0.4, 0.5) is 0 Å². The largest absolute Gasteiger partial charge is 0.374 e. The van der Waals surface area contributed by atoms with Gasteiger partial charge in [-0.2, -0.15) is 0 Å². The van der Waals surface area contributed by atoms with E-state index in [0.29, 0.717) is 5.60 Å². The van der Waals surface area contributed by atoms with Crippen LogP contribution in [0.15, 0.2) is 0 Å². The van der Waals surface area contributed by atoms with Crippen molar-refractivity contribution in [1.82, 2.24) is 0 Å². The van der Waals surface area contributed by atoms with Gasteiger partial charge < -0.3 is 4.74 Å². The van der Waals surface area contributed by atoms with E-state index in [9.17, 15) is 0 Å². The number of rotatable bonds is 1. The van der Waals surface area contributed by atoms with Gasteiger partial charge in [0.2, 0.25) is 0 Å². The molecule has 1 nitrogen and oxygen atoms in total. The maximum Gasteiger partial charge on any atom is 0.0734 e. The average molecular weight is 168 g/mol. The van der Waals surface area contributed by atoms with Crippen molar-refractivity contribution in [2.75, 3.05) is 6.61 Å². The van der Waals surface area contributed by atoms with Gasteiger partial charge in [-0.05, 0) is 24.7 Å². The highest BCUT2D eigenvalue weighted by molar-refractivity contribution is 4.97. The van der Waals surface area contributed by atoms with E-state index in [1.807, 2.05) is 0 Å². The molecule has 0 bridgehead atoms. The molecule has 0 aromatic rings. The fourth-order valence-corrected chi connectivity index (χ4v) is 3.03. The van der Waals surface area contributed by atoms with Gasteiger partial charge in [-0.1, -0.05) is 26.7 Å². The van der Waals surface area contributed by atoms with Crippen LogP contribution in [0, 0.1) is 11.8 Å². The first kappa shape index (κ1) is 8.55. The predicted octanol–water partition coefficient (Wildman–Crippen LogP) is 2.99. The molecular formula is C11H20O. The summed E-state index contributed by atoms with van der Waals surface area (Å²) in [5.41, 5.74) is 0.340. The van der Waals surface area contributed by atoms with Crippen LogP contribution in [0.2, 0.25) is 0 Å². The van der Waals surface area contributed by atoms with Crippen molar-refractivity contribution >= 4 is 0 Å². The van der Waals surface area contributed by atoms with Crippen molar-refractivity contribution < 1.29 is 4.74 Å². The molecule has 2 fully saturated rings. The molecule has 1 heteroatoms. The van der Waals surface area contributed by atoms with Crippen LogP contribution in [0.1, 0.15) is 46.0 Å². The molecule has 1 aliphatic heterocycles. The van der Waals surface area contributed by atoms with Crippen molar-refractivity contribution in [3.8, 4) is 0 Å². The number of hydrogen-bond donors (Lipinski definition) is 0. The van der Waals surface area contributed by atoms with Crippen LogP contribution in [0.3, 0.4) is 0 Å². The second-order valence-corrected chi connectivity index (χ2v) is 4.76. The van der Waals surface area contributed by atoms with Crippen molar-refractivity contribution in [3.63, 3.8) is 0 Å². The maximum atomic E-state index is 5.83. The van der Waals surface area contributed by atoms with Gasteiger partial charge in [0, 0.05) is 6.42 Å². The first-order valence-electron chi connectivity index (χ1n) is 5.38. The zero-order valence-corrected chi connectivity index (χ0v) is 8.31. The van der Waals surface area contributed by atoms with Crippen molar-refractivity contribution in [1.29, 1.82) is 0 Å². The van der Waals surface area contributed by atoms with E-state index in [2.05, 4.69) is 13.8 Å². The molecule has 0 N–H and O–H groups in total. The Morgan fingerprint density at radius 1 is 1.25 bits per heavy atom. The third-order valence-electron chi connectivity index (χ3n) is 3.76. The van der Waals surface area contributed by atoms with Gasteiger partial charge >= 0.3 is 0 Å². The molecule has 0 radical (unpaired) electrons. The average Bonchev–Trinajstić information content (AvgIpc) is 2.01. The summed E-state index contributed by atoms with van der Waals surface area (Å²) in [5, 5.41) is 0. The topological polar surface area (TPSA) is 9.23 Å². The smallest absolute Gasteiger partial charge is 0.0734 e. The molecular weight excluding hydrogens is 148 g/mol. The van der Waals surface area contributed by atoms with Crippen LogP contribution >= 0.6 is 0 Å². The Labute approximate surface area is 75.5 Å². The molecule has 2 aliphatic rings. The molecule has 2 rings (SSSR count). The Morgan fingerprint density at radius 2 is 2.00 bits per heavy atom. The Balaban J connectivity index is 2.06. The molecule has 1 saturated carbocycles. The SMILES string of the molecule is CC(C)C1CCCCC12CCO2. The number of hydrogen-bond acceptors (Lipinski definition) is 1. The van der Waals surface area contributed by atoms with Gasteiger partial charge in [-0.3, -0.25) is 0 Å². The summed E-state index contributed by atoms with van der Waals surface area (Å²) in [5.74, 6) is 1.66. The molecule has 12 heavy (non-hydrogen) atoms. The molecule has 1 heterocycles. The highest BCUT2D eigenvalue weighted by Gasteiger charge is 2.47. The monoisotopic (exact) mass is 168 g/mol. The van der Waals surface area contributed by atoms with Gasteiger partial charge in [0.05, 0.1) is 12.2 Å². The lowest BCUT2D eigenvalue weighted by molar-refractivity contribution is -0.205. The minimum Gasteiger partial charge on any atom is -0.374 e. The third kappa shape index (κ3) is 1.19. The van der Waals surface area contributed by atoms with Crippen LogP contribution in [-0.4, -0.2) is 12.2 Å². The Bertz CT molecular complexity index is 158. The van der Waals surface area contributed by atoms with Gasteiger partial charge in [0.25, 0.3) is 0 Å². The molecule has 0 aromatic carbocycles. The van der Waals surface area contributed by atoms with E-state index < -0.39 is 0 Å². The molecule has 2 unspecified atom stereocenters. The summed E-state index contributed by atoms with van der Waals surface area (Å²) in [7, 11) is 0. The lowest BCUT2D eigenvalue weighted by atomic mass is 9.67. The second-order valence-electron chi connectivity index (χ2n) is 4.76. The predicted molar refractivity (Wildman–Crippen MR) is 50.1 cm³/mol. The molecule has 0 amide bonds. The molecule has 0 aromatic heterocycles. The van der Waals surface area contributed by atoms with Gasteiger partial charge in [-0.15, -0.1) is 0 Å². The zero-order chi connectivity index (χ0) is 8.60. The van der Waals surface area contributed by atoms with E-state index in [0.717, 1.165) is 18.4 Å². The highest BCUT2D eigenvalue weighted by Crippen LogP contribution is 2.47. The van der Waals surface area contributed by atoms with Gasteiger partial charge in [-0.25, -0.2) is 0 Å². The van der Waals surface area contributed by atoms with Gasteiger partial charge in [0.15, 0.2) is 0 Å². The molecule has 2 atom stereocenters. The number of ether oxygens (including phenoxy) is 1. The van der Waals surface area contributed by atoms with E-state index in [1.54, 1.807) is 0 Å². The molecule has 1 spiro atoms. The third-order valence-corrected chi connectivity index (χ3v) is 3.76. The standard InChI is InChI=1S/C11H20O/c1-9(2)10-5-3-4-6-11(10)7-8-12-11/h9-10H,3-8H2,1-2H3. The fraction of sp³-hybridized carbons (Fsp3) is 1.00. The van der Waals surface area contributed by atoms with Crippen LogP contribution in [0.5, 0.6) is 0 Å². The van der Waals surface area contributed by atoms with Crippen LogP contribution in [0.25, 0.3) is 0 Å². The Hall–Kier alpha value is -0.0400. The summed E-state index contributed by atoms with van der Waals surface area (Å²) in [6.07, 6.45) is 6.88. The Morgan fingerprint density at radius 3 is 2.42 bits per heavy atom. The summed E-state index contributed by atoms with van der Waals surface area (Å²) < 4.78 is 5.83.